The first-order valence-corrected chi connectivity index (χ1v) is 11.9. The summed E-state index contributed by atoms with van der Waals surface area (Å²) in [5.41, 5.74) is 0.131. The molecule has 1 aromatic heterocycles. The standard InChI is InChI=1S/C22H34N6O3S/c1-5-24-18-12-16(7-9-26-18)25-10-8-17-21(31)28(6-2)19(32-17)11-15(13-23)20(30)27-22(3,4)14-29/h7,9,12,15,17,19,29H,5-6,8,10-11,14H2,1-4H3,(H,27,30)(H2,24,25,26). The molecule has 176 valence electrons. The third kappa shape index (κ3) is 7.00. The number of nitrogens with zero attached hydrogens (tertiary/aromatic N) is 3. The number of amides is 2. The third-order valence-electron chi connectivity index (χ3n) is 5.19. The Morgan fingerprint density at radius 3 is 2.78 bits per heavy atom. The van der Waals surface area contributed by atoms with Crippen molar-refractivity contribution in [2.45, 2.75) is 56.7 Å². The minimum atomic E-state index is -0.890. The smallest absolute Gasteiger partial charge is 0.237 e. The molecule has 1 aliphatic rings. The highest BCUT2D eigenvalue weighted by atomic mass is 32.2. The van der Waals surface area contributed by atoms with Crippen LogP contribution in [0.3, 0.4) is 0 Å². The fourth-order valence-corrected chi connectivity index (χ4v) is 5.02. The van der Waals surface area contributed by atoms with Crippen LogP contribution in [0.5, 0.6) is 0 Å². The van der Waals surface area contributed by atoms with E-state index in [1.165, 1.54) is 11.8 Å². The van der Waals surface area contributed by atoms with Gasteiger partial charge < -0.3 is 26.0 Å². The minimum absolute atomic E-state index is 0.0418. The first kappa shape index (κ1) is 25.7. The lowest BCUT2D eigenvalue weighted by atomic mass is 10.0. The number of rotatable bonds is 12. The zero-order valence-corrected chi connectivity index (χ0v) is 20.0. The number of carbonyl (C=O) groups excluding carboxylic acids is 2. The average molecular weight is 463 g/mol. The SMILES string of the molecule is CCNc1cc(NCCC2SC(CC(C#N)C(=O)NC(C)(C)CO)N(CC)C2=O)ccn1. The lowest BCUT2D eigenvalue weighted by molar-refractivity contribution is -0.131. The lowest BCUT2D eigenvalue weighted by Gasteiger charge is -2.27. The third-order valence-corrected chi connectivity index (χ3v) is 6.72. The molecule has 9 nitrogen and oxygen atoms in total. The number of hydrogen-bond donors (Lipinski definition) is 4. The van der Waals surface area contributed by atoms with Crippen LogP contribution in [-0.4, -0.2) is 69.2 Å². The molecule has 0 bridgehead atoms. The maximum atomic E-state index is 12.9. The number of nitrogens with one attached hydrogen (secondary N) is 3. The van der Waals surface area contributed by atoms with Gasteiger partial charge in [0.05, 0.1) is 28.8 Å². The fraction of sp³-hybridized carbons (Fsp3) is 0.636. The molecule has 0 aromatic carbocycles. The number of anilines is 2. The first-order valence-electron chi connectivity index (χ1n) is 11.0. The Kier molecular flexibility index (Phi) is 9.60. The van der Waals surface area contributed by atoms with Gasteiger partial charge in [-0.1, -0.05) is 0 Å². The summed E-state index contributed by atoms with van der Waals surface area (Å²) >= 11 is 1.51. The molecule has 2 rings (SSSR count). The van der Waals surface area contributed by atoms with Crippen LogP contribution >= 0.6 is 11.8 Å². The van der Waals surface area contributed by atoms with E-state index in [-0.39, 0.29) is 29.6 Å². The van der Waals surface area contributed by atoms with Crippen LogP contribution in [0.15, 0.2) is 18.3 Å². The molecule has 2 amide bonds. The van der Waals surface area contributed by atoms with E-state index >= 15 is 0 Å². The van der Waals surface area contributed by atoms with Crippen molar-refractivity contribution in [3.63, 3.8) is 0 Å². The molecule has 3 atom stereocenters. The van der Waals surface area contributed by atoms with E-state index in [4.69, 9.17) is 0 Å². The maximum absolute atomic E-state index is 12.9. The molecule has 0 radical (unpaired) electrons. The molecule has 1 saturated heterocycles. The van der Waals surface area contributed by atoms with Crippen molar-refractivity contribution in [3.8, 4) is 6.07 Å². The van der Waals surface area contributed by atoms with E-state index in [9.17, 15) is 20.0 Å². The summed E-state index contributed by atoms with van der Waals surface area (Å²) in [7, 11) is 0. The lowest BCUT2D eigenvalue weighted by Crippen LogP contribution is -2.49. The van der Waals surface area contributed by atoms with Gasteiger partial charge in [-0.2, -0.15) is 5.26 Å². The highest BCUT2D eigenvalue weighted by Gasteiger charge is 2.41. The summed E-state index contributed by atoms with van der Waals surface area (Å²) in [5.74, 6) is -0.473. The molecular weight excluding hydrogens is 428 g/mol. The summed E-state index contributed by atoms with van der Waals surface area (Å²) in [5, 5.41) is 27.7. The van der Waals surface area contributed by atoms with Crippen molar-refractivity contribution < 1.29 is 14.7 Å². The van der Waals surface area contributed by atoms with E-state index in [0.717, 1.165) is 18.1 Å². The van der Waals surface area contributed by atoms with Crippen LogP contribution in [0, 0.1) is 17.2 Å². The van der Waals surface area contributed by atoms with Gasteiger partial charge in [0.15, 0.2) is 0 Å². The predicted molar refractivity (Wildman–Crippen MR) is 127 cm³/mol. The van der Waals surface area contributed by atoms with E-state index < -0.39 is 17.4 Å². The number of nitriles is 1. The van der Waals surface area contributed by atoms with Crippen LogP contribution in [0.25, 0.3) is 0 Å². The van der Waals surface area contributed by atoms with Crippen molar-refractivity contribution >= 4 is 35.1 Å². The second-order valence-corrected chi connectivity index (χ2v) is 9.71. The molecule has 2 heterocycles. The molecule has 0 aliphatic carbocycles. The highest BCUT2D eigenvalue weighted by molar-refractivity contribution is 8.01. The maximum Gasteiger partial charge on any atom is 0.237 e. The van der Waals surface area contributed by atoms with Gasteiger partial charge >= 0.3 is 0 Å². The predicted octanol–water partition coefficient (Wildman–Crippen LogP) is 2.02. The van der Waals surface area contributed by atoms with Crippen molar-refractivity contribution in [2.75, 3.05) is 36.9 Å². The minimum Gasteiger partial charge on any atom is -0.394 e. The fourth-order valence-electron chi connectivity index (χ4n) is 3.43. The molecule has 1 fully saturated rings. The Balaban J connectivity index is 1.94. The number of aliphatic hydroxyl groups is 1. The summed E-state index contributed by atoms with van der Waals surface area (Å²) in [6.07, 6.45) is 2.63. The number of aliphatic hydroxyl groups excluding tert-OH is 1. The summed E-state index contributed by atoms with van der Waals surface area (Å²) in [6, 6.07) is 5.87. The Morgan fingerprint density at radius 2 is 2.16 bits per heavy atom. The normalized spacial score (nSPS) is 19.4. The molecule has 1 aliphatic heterocycles. The van der Waals surface area contributed by atoms with Gasteiger partial charge in [-0.05, 0) is 40.2 Å². The topological polar surface area (TPSA) is 130 Å². The first-order chi connectivity index (χ1) is 15.2. The highest BCUT2D eigenvalue weighted by Crippen LogP contribution is 2.37. The summed E-state index contributed by atoms with van der Waals surface area (Å²) < 4.78 is 0. The molecule has 0 spiro atoms. The van der Waals surface area contributed by atoms with E-state index in [2.05, 4.69) is 27.0 Å². The van der Waals surface area contributed by atoms with Crippen LogP contribution in [0.1, 0.15) is 40.5 Å². The Morgan fingerprint density at radius 1 is 1.41 bits per heavy atom. The van der Waals surface area contributed by atoms with Crippen LogP contribution in [0.4, 0.5) is 11.5 Å². The van der Waals surface area contributed by atoms with Gasteiger partial charge in [-0.15, -0.1) is 11.8 Å². The molecule has 10 heteroatoms. The number of thioether (sulfide) groups is 1. The average Bonchev–Trinajstić information content (AvgIpc) is 3.06. The van der Waals surface area contributed by atoms with Crippen LogP contribution < -0.4 is 16.0 Å². The Hall–Kier alpha value is -2.51. The van der Waals surface area contributed by atoms with E-state index in [1.54, 1.807) is 24.9 Å². The molecule has 3 unspecified atom stereocenters. The Bertz CT molecular complexity index is 828. The Labute approximate surface area is 194 Å². The van der Waals surface area contributed by atoms with Crippen molar-refractivity contribution in [2.24, 2.45) is 5.92 Å². The van der Waals surface area contributed by atoms with Gasteiger partial charge in [-0.3, -0.25) is 9.59 Å². The van der Waals surface area contributed by atoms with E-state index in [0.29, 0.717) is 19.5 Å². The second-order valence-electron chi connectivity index (χ2n) is 8.33. The van der Waals surface area contributed by atoms with Gasteiger partial charge in [0.25, 0.3) is 0 Å². The van der Waals surface area contributed by atoms with E-state index in [1.807, 2.05) is 26.0 Å². The largest absolute Gasteiger partial charge is 0.394 e. The van der Waals surface area contributed by atoms with Crippen molar-refractivity contribution in [3.05, 3.63) is 18.3 Å². The summed E-state index contributed by atoms with van der Waals surface area (Å²) in [4.78, 5) is 31.4. The summed E-state index contributed by atoms with van der Waals surface area (Å²) in [6.45, 7) is 9.01. The molecule has 32 heavy (non-hydrogen) atoms. The quantitative estimate of drug-likeness (QED) is 0.371. The zero-order valence-electron chi connectivity index (χ0n) is 19.2. The molecule has 4 N–H and O–H groups in total. The van der Waals surface area contributed by atoms with Gasteiger partial charge in [0.1, 0.15) is 11.7 Å². The molecular formula is C22H34N6O3S. The monoisotopic (exact) mass is 462 g/mol. The number of carbonyl (C=O) groups is 2. The van der Waals surface area contributed by atoms with Gasteiger partial charge in [-0.25, -0.2) is 4.98 Å². The number of pyridine rings is 1. The number of hydrogen-bond acceptors (Lipinski definition) is 8. The van der Waals surface area contributed by atoms with Crippen LogP contribution in [0.2, 0.25) is 0 Å². The molecule has 1 aromatic rings. The van der Waals surface area contributed by atoms with Crippen molar-refractivity contribution in [1.29, 1.82) is 5.26 Å². The van der Waals surface area contributed by atoms with Gasteiger partial charge in [0.2, 0.25) is 11.8 Å². The van der Waals surface area contributed by atoms with Crippen LogP contribution in [-0.2, 0) is 9.59 Å². The zero-order chi connectivity index (χ0) is 23.7. The second kappa shape index (κ2) is 11.9. The van der Waals surface area contributed by atoms with Crippen molar-refractivity contribution in [1.82, 2.24) is 15.2 Å². The molecule has 0 saturated carbocycles. The van der Waals surface area contributed by atoms with Gasteiger partial charge in [0, 0.05) is 44.0 Å². The number of aromatic nitrogens is 1.